The highest BCUT2D eigenvalue weighted by atomic mass is 32.2. The van der Waals surface area contributed by atoms with Gasteiger partial charge >= 0.3 is 5.97 Å². The van der Waals surface area contributed by atoms with Gasteiger partial charge in [0.05, 0.1) is 0 Å². The Labute approximate surface area is 131 Å². The van der Waals surface area contributed by atoms with Crippen molar-refractivity contribution >= 4 is 29.5 Å². The molecule has 1 aliphatic rings. The normalized spacial score (nSPS) is 16.8. The van der Waals surface area contributed by atoms with E-state index in [-0.39, 0.29) is 17.7 Å². The molecule has 0 radical (unpaired) electrons. The van der Waals surface area contributed by atoms with E-state index in [1.165, 1.54) is 16.4 Å². The molecule has 0 saturated carbocycles. The third kappa shape index (κ3) is 3.14. The molecule has 114 valence electrons. The lowest BCUT2D eigenvalue weighted by Gasteiger charge is -2.23. The molecule has 22 heavy (non-hydrogen) atoms. The van der Waals surface area contributed by atoms with Gasteiger partial charge in [0.2, 0.25) is 5.91 Å². The number of hydrogen-bond acceptors (Lipinski definition) is 4. The zero-order chi connectivity index (χ0) is 15.5. The van der Waals surface area contributed by atoms with E-state index in [9.17, 15) is 9.59 Å². The minimum atomic E-state index is -0.974. The van der Waals surface area contributed by atoms with Crippen molar-refractivity contribution in [1.82, 2.24) is 9.78 Å². The van der Waals surface area contributed by atoms with Crippen molar-refractivity contribution in [3.05, 3.63) is 47.7 Å². The lowest BCUT2D eigenvalue weighted by molar-refractivity contribution is -0.137. The Morgan fingerprint density at radius 3 is 3.00 bits per heavy atom. The van der Waals surface area contributed by atoms with Crippen LogP contribution in [0, 0.1) is 0 Å². The van der Waals surface area contributed by atoms with Gasteiger partial charge in [-0.15, -0.1) is 11.8 Å². The van der Waals surface area contributed by atoms with Crippen LogP contribution in [0.1, 0.15) is 16.4 Å². The zero-order valence-corrected chi connectivity index (χ0v) is 12.5. The number of aromatic nitrogens is 2. The Morgan fingerprint density at radius 2 is 2.18 bits per heavy atom. The fourth-order valence-electron chi connectivity index (χ4n) is 2.46. The highest BCUT2D eigenvalue weighted by Gasteiger charge is 2.27. The summed E-state index contributed by atoms with van der Waals surface area (Å²) in [6.45, 7) is -0.225. The first-order chi connectivity index (χ1) is 10.6. The molecular weight excluding hydrogens is 302 g/mol. The minimum Gasteiger partial charge on any atom is -0.480 e. The molecule has 2 heterocycles. The molecule has 1 atom stereocenters. The number of carboxylic acid groups (broad SMARTS) is 1. The number of nitrogens with one attached hydrogen (secondary N) is 1. The van der Waals surface area contributed by atoms with Crippen LogP contribution in [0.15, 0.2) is 36.5 Å². The number of benzene rings is 1. The van der Waals surface area contributed by atoms with Gasteiger partial charge in [0.15, 0.2) is 5.82 Å². The maximum Gasteiger partial charge on any atom is 0.325 e. The van der Waals surface area contributed by atoms with E-state index < -0.39 is 5.97 Å². The fourth-order valence-corrected chi connectivity index (χ4v) is 3.65. The van der Waals surface area contributed by atoms with E-state index in [1.807, 2.05) is 18.2 Å². The largest absolute Gasteiger partial charge is 0.480 e. The van der Waals surface area contributed by atoms with Gasteiger partial charge in [-0.3, -0.25) is 14.3 Å². The van der Waals surface area contributed by atoms with E-state index >= 15 is 0 Å². The quantitative estimate of drug-likeness (QED) is 0.900. The summed E-state index contributed by atoms with van der Waals surface area (Å²) in [5.41, 5.74) is 2.25. The number of carboxylic acids is 1. The predicted octanol–water partition coefficient (Wildman–Crippen LogP) is 1.94. The van der Waals surface area contributed by atoms with Crippen LogP contribution in [-0.4, -0.2) is 32.5 Å². The number of aliphatic carboxylic acids is 1. The number of hydrogen-bond donors (Lipinski definition) is 2. The summed E-state index contributed by atoms with van der Waals surface area (Å²) >= 11 is 1.61. The number of amides is 1. The molecule has 0 unspecified atom stereocenters. The summed E-state index contributed by atoms with van der Waals surface area (Å²) in [6, 6.07) is 9.55. The summed E-state index contributed by atoms with van der Waals surface area (Å²) in [5, 5.41) is 15.3. The SMILES string of the molecule is O=C(O)Cn1ccc(NC(=O)[C@@H]2SCCc3ccccc32)n1. The van der Waals surface area contributed by atoms with Crippen LogP contribution < -0.4 is 5.32 Å². The van der Waals surface area contributed by atoms with Crippen molar-refractivity contribution in [2.75, 3.05) is 11.1 Å². The van der Waals surface area contributed by atoms with E-state index in [4.69, 9.17) is 5.11 Å². The lowest BCUT2D eigenvalue weighted by atomic mass is 10.0. The molecular formula is C15H15N3O3S. The Bertz CT molecular complexity index is 714. The topological polar surface area (TPSA) is 84.2 Å². The van der Waals surface area contributed by atoms with Crippen molar-refractivity contribution in [2.45, 2.75) is 18.2 Å². The van der Waals surface area contributed by atoms with Gasteiger partial charge in [0.25, 0.3) is 0 Å². The van der Waals surface area contributed by atoms with Gasteiger partial charge in [-0.2, -0.15) is 5.10 Å². The number of carbonyl (C=O) groups is 2. The third-order valence-electron chi connectivity index (χ3n) is 3.42. The van der Waals surface area contributed by atoms with Crippen molar-refractivity contribution in [1.29, 1.82) is 0 Å². The van der Waals surface area contributed by atoms with E-state index in [0.29, 0.717) is 5.82 Å². The van der Waals surface area contributed by atoms with Gasteiger partial charge in [-0.25, -0.2) is 0 Å². The number of nitrogens with zero attached hydrogens (tertiary/aromatic N) is 2. The number of carbonyl (C=O) groups excluding carboxylic acids is 1. The summed E-state index contributed by atoms with van der Waals surface area (Å²) < 4.78 is 1.28. The molecule has 0 aliphatic carbocycles. The van der Waals surface area contributed by atoms with Crippen LogP contribution in [0.2, 0.25) is 0 Å². The molecule has 7 heteroatoms. The summed E-state index contributed by atoms with van der Waals surface area (Å²) in [5.74, 6) is 0.174. The number of thioether (sulfide) groups is 1. The lowest BCUT2D eigenvalue weighted by Crippen LogP contribution is -2.23. The molecule has 1 aliphatic heterocycles. The van der Waals surface area contributed by atoms with Gasteiger partial charge in [-0.05, 0) is 23.3 Å². The van der Waals surface area contributed by atoms with E-state index in [2.05, 4.69) is 16.5 Å². The Morgan fingerprint density at radius 1 is 1.36 bits per heavy atom. The van der Waals surface area contributed by atoms with E-state index in [0.717, 1.165) is 17.7 Å². The van der Waals surface area contributed by atoms with Gasteiger partial charge in [0, 0.05) is 12.3 Å². The van der Waals surface area contributed by atoms with Crippen LogP contribution in [0.5, 0.6) is 0 Å². The van der Waals surface area contributed by atoms with Crippen molar-refractivity contribution < 1.29 is 14.7 Å². The van der Waals surface area contributed by atoms with Crippen molar-refractivity contribution in [3.63, 3.8) is 0 Å². The Kier molecular flexibility index (Phi) is 4.15. The standard InChI is InChI=1S/C15H15N3O3S/c19-13(20)9-18-7-5-12(17-18)16-15(21)14-11-4-2-1-3-10(11)6-8-22-14/h1-5,7,14H,6,8-9H2,(H,19,20)(H,16,17,21)/t14-/m1/s1. The second-order valence-electron chi connectivity index (χ2n) is 4.98. The van der Waals surface area contributed by atoms with Crippen LogP contribution in [-0.2, 0) is 22.6 Å². The monoisotopic (exact) mass is 317 g/mol. The molecule has 0 spiro atoms. The molecule has 0 saturated heterocycles. The van der Waals surface area contributed by atoms with E-state index in [1.54, 1.807) is 17.8 Å². The Hall–Kier alpha value is -2.28. The molecule has 1 aromatic carbocycles. The molecule has 3 rings (SSSR count). The first kappa shape index (κ1) is 14.6. The summed E-state index contributed by atoms with van der Waals surface area (Å²) in [4.78, 5) is 23.1. The van der Waals surface area contributed by atoms with Crippen LogP contribution >= 0.6 is 11.8 Å². The average Bonchev–Trinajstić information content (AvgIpc) is 2.92. The first-order valence-corrected chi connectivity index (χ1v) is 7.94. The molecule has 1 aromatic heterocycles. The number of anilines is 1. The molecule has 0 fully saturated rings. The second kappa shape index (κ2) is 6.23. The van der Waals surface area contributed by atoms with Gasteiger partial charge < -0.3 is 10.4 Å². The molecule has 2 N–H and O–H groups in total. The maximum absolute atomic E-state index is 12.5. The number of rotatable bonds is 4. The molecule has 0 bridgehead atoms. The summed E-state index contributed by atoms with van der Waals surface area (Å²) in [7, 11) is 0. The average molecular weight is 317 g/mol. The second-order valence-corrected chi connectivity index (χ2v) is 6.19. The van der Waals surface area contributed by atoms with Crippen molar-refractivity contribution in [3.8, 4) is 0 Å². The highest BCUT2D eigenvalue weighted by molar-refractivity contribution is 8.00. The number of aryl methyl sites for hydroxylation is 1. The van der Waals surface area contributed by atoms with Crippen LogP contribution in [0.3, 0.4) is 0 Å². The zero-order valence-electron chi connectivity index (χ0n) is 11.7. The molecule has 1 amide bonds. The first-order valence-electron chi connectivity index (χ1n) is 6.89. The maximum atomic E-state index is 12.5. The molecule has 2 aromatic rings. The predicted molar refractivity (Wildman–Crippen MR) is 83.8 cm³/mol. The minimum absolute atomic E-state index is 0.127. The third-order valence-corrected chi connectivity index (χ3v) is 4.66. The summed E-state index contributed by atoms with van der Waals surface area (Å²) in [6.07, 6.45) is 2.50. The highest BCUT2D eigenvalue weighted by Crippen LogP contribution is 2.37. The Balaban J connectivity index is 1.73. The van der Waals surface area contributed by atoms with Gasteiger partial charge in [0.1, 0.15) is 11.8 Å². The van der Waals surface area contributed by atoms with Crippen molar-refractivity contribution in [2.24, 2.45) is 0 Å². The number of fused-ring (bicyclic) bond motifs is 1. The molecule has 6 nitrogen and oxygen atoms in total. The van der Waals surface area contributed by atoms with Crippen LogP contribution in [0.25, 0.3) is 0 Å². The fraction of sp³-hybridized carbons (Fsp3) is 0.267. The van der Waals surface area contributed by atoms with Gasteiger partial charge in [-0.1, -0.05) is 24.3 Å². The smallest absolute Gasteiger partial charge is 0.325 e. The van der Waals surface area contributed by atoms with Crippen LogP contribution in [0.4, 0.5) is 5.82 Å².